The van der Waals surface area contributed by atoms with Gasteiger partial charge in [-0.15, -0.1) is 0 Å². The van der Waals surface area contributed by atoms with Gasteiger partial charge in [0.1, 0.15) is 12.2 Å². The maximum absolute atomic E-state index is 11.8. The quantitative estimate of drug-likeness (QED) is 0.742. The number of esters is 1. The minimum atomic E-state index is -0.420. The summed E-state index contributed by atoms with van der Waals surface area (Å²) < 4.78 is 4.51. The Morgan fingerprint density at radius 2 is 2.27 bits per heavy atom. The topological polar surface area (TPSA) is 62.4 Å². The highest BCUT2D eigenvalue weighted by molar-refractivity contribution is 5.94. The number of nitrogens with zero attached hydrogens (tertiary/aromatic N) is 1. The molecule has 0 saturated heterocycles. The Morgan fingerprint density at radius 1 is 1.53 bits per heavy atom. The molecule has 0 unspecified atom stereocenters. The standard InChI is InChI=1S/C10H14N2O3/c1-3-12(7-9(13)15-2)10(14)8-5-4-6-11-8/h4-6,11H,3,7H2,1-2H3. The zero-order chi connectivity index (χ0) is 11.3. The first-order valence-electron chi connectivity index (χ1n) is 4.68. The minimum Gasteiger partial charge on any atom is -0.468 e. The summed E-state index contributed by atoms with van der Waals surface area (Å²) in [6.45, 7) is 2.25. The first-order valence-corrected chi connectivity index (χ1v) is 4.68. The van der Waals surface area contributed by atoms with Crippen LogP contribution in [0.25, 0.3) is 0 Å². The van der Waals surface area contributed by atoms with Crippen molar-refractivity contribution in [2.75, 3.05) is 20.2 Å². The second-order valence-electron chi connectivity index (χ2n) is 2.98. The van der Waals surface area contributed by atoms with Gasteiger partial charge in [0.05, 0.1) is 7.11 Å². The van der Waals surface area contributed by atoms with Crippen LogP contribution in [-0.2, 0) is 9.53 Å². The third-order valence-corrected chi connectivity index (χ3v) is 2.04. The normalized spacial score (nSPS) is 9.73. The highest BCUT2D eigenvalue weighted by Gasteiger charge is 2.17. The van der Waals surface area contributed by atoms with E-state index in [-0.39, 0.29) is 12.5 Å². The number of aromatic nitrogens is 1. The second kappa shape index (κ2) is 5.19. The summed E-state index contributed by atoms with van der Waals surface area (Å²) in [7, 11) is 1.30. The van der Waals surface area contributed by atoms with Gasteiger partial charge in [-0.2, -0.15) is 0 Å². The average molecular weight is 210 g/mol. The molecule has 1 amide bonds. The zero-order valence-electron chi connectivity index (χ0n) is 8.82. The molecule has 5 nitrogen and oxygen atoms in total. The number of amides is 1. The third-order valence-electron chi connectivity index (χ3n) is 2.04. The zero-order valence-corrected chi connectivity index (χ0v) is 8.82. The highest BCUT2D eigenvalue weighted by Crippen LogP contribution is 2.01. The number of methoxy groups -OCH3 is 1. The molecule has 1 aromatic rings. The lowest BCUT2D eigenvalue weighted by atomic mass is 10.3. The summed E-state index contributed by atoms with van der Waals surface area (Å²) in [4.78, 5) is 27.0. The van der Waals surface area contributed by atoms with E-state index in [9.17, 15) is 9.59 Å². The number of aromatic amines is 1. The van der Waals surface area contributed by atoms with Crippen LogP contribution >= 0.6 is 0 Å². The van der Waals surface area contributed by atoms with E-state index < -0.39 is 5.97 Å². The van der Waals surface area contributed by atoms with E-state index in [1.54, 1.807) is 18.3 Å². The van der Waals surface area contributed by atoms with E-state index in [0.717, 1.165) is 0 Å². The van der Waals surface area contributed by atoms with Crippen LogP contribution < -0.4 is 0 Å². The Balaban J connectivity index is 2.67. The number of hydrogen-bond acceptors (Lipinski definition) is 3. The molecule has 5 heteroatoms. The molecule has 0 spiro atoms. The van der Waals surface area contributed by atoms with Gasteiger partial charge < -0.3 is 14.6 Å². The van der Waals surface area contributed by atoms with Crippen LogP contribution in [0, 0.1) is 0 Å². The Kier molecular flexibility index (Phi) is 3.91. The van der Waals surface area contributed by atoms with Crippen molar-refractivity contribution in [3.8, 4) is 0 Å². The van der Waals surface area contributed by atoms with Crippen molar-refractivity contribution in [2.24, 2.45) is 0 Å². The molecule has 82 valence electrons. The van der Waals surface area contributed by atoms with Crippen LogP contribution in [-0.4, -0.2) is 42.0 Å². The van der Waals surface area contributed by atoms with Gasteiger partial charge in [-0.3, -0.25) is 9.59 Å². The van der Waals surface area contributed by atoms with E-state index in [1.165, 1.54) is 12.0 Å². The van der Waals surface area contributed by atoms with Gasteiger partial charge in [-0.25, -0.2) is 0 Å². The van der Waals surface area contributed by atoms with Crippen molar-refractivity contribution < 1.29 is 14.3 Å². The van der Waals surface area contributed by atoms with Crippen LogP contribution in [0.2, 0.25) is 0 Å². The van der Waals surface area contributed by atoms with E-state index in [1.807, 2.05) is 6.92 Å². The van der Waals surface area contributed by atoms with E-state index >= 15 is 0 Å². The molecule has 0 radical (unpaired) electrons. The van der Waals surface area contributed by atoms with E-state index in [0.29, 0.717) is 12.2 Å². The first-order chi connectivity index (χ1) is 7.19. The molecule has 0 fully saturated rings. The number of carbonyl (C=O) groups is 2. The lowest BCUT2D eigenvalue weighted by Crippen LogP contribution is -2.36. The maximum atomic E-state index is 11.8. The van der Waals surface area contributed by atoms with Gasteiger partial charge in [0, 0.05) is 12.7 Å². The van der Waals surface area contributed by atoms with Crippen molar-refractivity contribution in [1.82, 2.24) is 9.88 Å². The monoisotopic (exact) mass is 210 g/mol. The summed E-state index contributed by atoms with van der Waals surface area (Å²) in [6, 6.07) is 3.40. The SMILES string of the molecule is CCN(CC(=O)OC)C(=O)c1ccc[nH]1. The van der Waals surface area contributed by atoms with Gasteiger partial charge in [0.15, 0.2) is 0 Å². The van der Waals surface area contributed by atoms with Crippen molar-refractivity contribution in [1.29, 1.82) is 0 Å². The molecule has 15 heavy (non-hydrogen) atoms. The molecular weight excluding hydrogens is 196 g/mol. The van der Waals surface area contributed by atoms with Crippen LogP contribution in [0.5, 0.6) is 0 Å². The fraction of sp³-hybridized carbons (Fsp3) is 0.400. The summed E-state index contributed by atoms with van der Waals surface area (Å²) in [5, 5.41) is 0. The predicted octanol–water partition coefficient (Wildman–Crippen LogP) is 0.650. The summed E-state index contributed by atoms with van der Waals surface area (Å²) in [6.07, 6.45) is 1.67. The number of likely N-dealkylation sites (N-methyl/N-ethyl adjacent to an activating group) is 1. The van der Waals surface area contributed by atoms with Crippen LogP contribution in [0.1, 0.15) is 17.4 Å². The summed E-state index contributed by atoms with van der Waals surface area (Å²) in [5.41, 5.74) is 0.473. The Labute approximate surface area is 88.0 Å². The molecule has 1 heterocycles. The molecule has 0 saturated carbocycles. The fourth-order valence-corrected chi connectivity index (χ4v) is 1.18. The van der Waals surface area contributed by atoms with Gasteiger partial charge >= 0.3 is 5.97 Å². The lowest BCUT2D eigenvalue weighted by Gasteiger charge is -2.18. The van der Waals surface area contributed by atoms with Gasteiger partial charge in [0.2, 0.25) is 0 Å². The summed E-state index contributed by atoms with van der Waals surface area (Å²) >= 11 is 0. The number of nitrogens with one attached hydrogen (secondary N) is 1. The first kappa shape index (κ1) is 11.3. The smallest absolute Gasteiger partial charge is 0.325 e. The van der Waals surface area contributed by atoms with Crippen molar-refractivity contribution in [2.45, 2.75) is 6.92 Å². The van der Waals surface area contributed by atoms with Crippen molar-refractivity contribution >= 4 is 11.9 Å². The minimum absolute atomic E-state index is 0.0230. The average Bonchev–Trinajstić information content (AvgIpc) is 2.77. The molecule has 0 atom stereocenters. The molecule has 0 aliphatic rings. The van der Waals surface area contributed by atoms with Gasteiger partial charge in [-0.1, -0.05) is 0 Å². The fourth-order valence-electron chi connectivity index (χ4n) is 1.18. The Morgan fingerprint density at radius 3 is 2.73 bits per heavy atom. The molecule has 0 aliphatic heterocycles. The Bertz CT molecular complexity index is 332. The van der Waals surface area contributed by atoms with Gasteiger partial charge in [-0.05, 0) is 19.1 Å². The van der Waals surface area contributed by atoms with Crippen molar-refractivity contribution in [3.63, 3.8) is 0 Å². The van der Waals surface area contributed by atoms with Crippen LogP contribution in [0.3, 0.4) is 0 Å². The summed E-state index contributed by atoms with van der Waals surface area (Å²) in [5.74, 6) is -0.621. The van der Waals surface area contributed by atoms with E-state index in [4.69, 9.17) is 0 Å². The predicted molar refractivity (Wildman–Crippen MR) is 54.4 cm³/mol. The number of rotatable bonds is 4. The maximum Gasteiger partial charge on any atom is 0.325 e. The van der Waals surface area contributed by atoms with Crippen LogP contribution in [0.15, 0.2) is 18.3 Å². The molecule has 0 aromatic carbocycles. The highest BCUT2D eigenvalue weighted by atomic mass is 16.5. The second-order valence-corrected chi connectivity index (χ2v) is 2.98. The largest absolute Gasteiger partial charge is 0.468 e. The third kappa shape index (κ3) is 2.83. The molecule has 0 aliphatic carbocycles. The molecule has 1 rings (SSSR count). The number of carbonyl (C=O) groups excluding carboxylic acids is 2. The van der Waals surface area contributed by atoms with Crippen molar-refractivity contribution in [3.05, 3.63) is 24.0 Å². The number of H-pyrrole nitrogens is 1. The Hall–Kier alpha value is -1.78. The van der Waals surface area contributed by atoms with Gasteiger partial charge in [0.25, 0.3) is 5.91 Å². The molecular formula is C10H14N2O3. The molecule has 1 aromatic heterocycles. The number of hydrogen-bond donors (Lipinski definition) is 1. The van der Waals surface area contributed by atoms with E-state index in [2.05, 4.69) is 9.72 Å². The number of ether oxygens (including phenoxy) is 1. The van der Waals surface area contributed by atoms with Crippen LogP contribution in [0.4, 0.5) is 0 Å². The lowest BCUT2D eigenvalue weighted by molar-refractivity contribution is -0.141. The molecule has 1 N–H and O–H groups in total. The molecule has 0 bridgehead atoms.